The van der Waals surface area contributed by atoms with Crippen molar-refractivity contribution in [3.8, 4) is 11.8 Å². The zero-order valence-corrected chi connectivity index (χ0v) is 9.01. The van der Waals surface area contributed by atoms with Crippen molar-refractivity contribution in [1.29, 1.82) is 5.26 Å². The van der Waals surface area contributed by atoms with Crippen LogP contribution in [0.25, 0.3) is 5.69 Å². The topological polar surface area (TPSA) is 49.0 Å². The van der Waals surface area contributed by atoms with Gasteiger partial charge in [-0.2, -0.15) is 5.26 Å². The van der Waals surface area contributed by atoms with Crippen LogP contribution in [0, 0.1) is 18.3 Å². The van der Waals surface area contributed by atoms with Gasteiger partial charge in [-0.25, -0.2) is 0 Å². The number of benzene rings is 1. The van der Waals surface area contributed by atoms with Crippen LogP contribution >= 0.6 is 0 Å². The number of nitrogens with zero attached hydrogens (tertiary/aromatic N) is 2. The van der Waals surface area contributed by atoms with Crippen molar-refractivity contribution in [2.24, 2.45) is 0 Å². The Bertz CT molecular complexity index is 532. The minimum atomic E-state index is 0.0378. The van der Waals surface area contributed by atoms with Crippen LogP contribution in [0.15, 0.2) is 36.5 Å². The molecule has 0 aliphatic carbocycles. The normalized spacial score (nSPS) is 10.1. The van der Waals surface area contributed by atoms with Crippen LogP contribution in [0.3, 0.4) is 0 Å². The molecule has 0 spiro atoms. The van der Waals surface area contributed by atoms with Crippen molar-refractivity contribution < 1.29 is 5.11 Å². The first kappa shape index (κ1) is 10.5. The van der Waals surface area contributed by atoms with E-state index in [2.05, 4.69) is 6.07 Å². The van der Waals surface area contributed by atoms with E-state index in [1.807, 2.05) is 48.0 Å². The summed E-state index contributed by atoms with van der Waals surface area (Å²) in [5.74, 6) is 0. The predicted octanol–water partition coefficient (Wildman–Crippen LogP) is 2.15. The van der Waals surface area contributed by atoms with Gasteiger partial charge in [0.2, 0.25) is 0 Å². The molecule has 0 bridgehead atoms. The lowest BCUT2D eigenvalue weighted by atomic mass is 10.2. The average Bonchev–Trinajstić information content (AvgIpc) is 2.70. The summed E-state index contributed by atoms with van der Waals surface area (Å²) in [6.07, 6.45) is 1.92. The van der Waals surface area contributed by atoms with Crippen LogP contribution in [-0.4, -0.2) is 9.67 Å². The number of rotatable bonds is 2. The molecule has 3 nitrogen and oxygen atoms in total. The SMILES string of the molecule is Cc1cc(C#N)n(-c2ccc(CO)cc2)c1. The highest BCUT2D eigenvalue weighted by molar-refractivity contribution is 5.42. The first-order valence-corrected chi connectivity index (χ1v) is 5.04. The molecular weight excluding hydrogens is 200 g/mol. The van der Waals surface area contributed by atoms with Crippen LogP contribution in [-0.2, 0) is 6.61 Å². The molecule has 0 saturated carbocycles. The standard InChI is InChI=1S/C13H12N2O/c1-10-6-13(7-14)15(8-10)12-4-2-11(9-16)3-5-12/h2-6,8,16H,9H2,1H3. The minimum absolute atomic E-state index is 0.0378. The maximum Gasteiger partial charge on any atom is 0.125 e. The number of aliphatic hydroxyl groups excluding tert-OH is 1. The molecule has 0 radical (unpaired) electrons. The van der Waals surface area contributed by atoms with Gasteiger partial charge in [-0.15, -0.1) is 0 Å². The Labute approximate surface area is 94.2 Å². The third-order valence-corrected chi connectivity index (χ3v) is 2.47. The lowest BCUT2D eigenvalue weighted by Gasteiger charge is -2.05. The fourth-order valence-electron chi connectivity index (χ4n) is 1.66. The van der Waals surface area contributed by atoms with Crippen LogP contribution in [0.2, 0.25) is 0 Å². The number of aliphatic hydroxyl groups is 1. The van der Waals surface area contributed by atoms with E-state index in [1.165, 1.54) is 0 Å². The maximum absolute atomic E-state index is 8.98. The summed E-state index contributed by atoms with van der Waals surface area (Å²) in [5, 5.41) is 17.9. The molecule has 0 fully saturated rings. The van der Waals surface area contributed by atoms with Gasteiger partial charge in [0.15, 0.2) is 0 Å². The molecule has 0 unspecified atom stereocenters. The number of nitriles is 1. The third-order valence-electron chi connectivity index (χ3n) is 2.47. The van der Waals surface area contributed by atoms with Crippen molar-refractivity contribution in [1.82, 2.24) is 4.57 Å². The molecule has 0 amide bonds. The van der Waals surface area contributed by atoms with E-state index in [0.717, 1.165) is 16.8 Å². The second-order valence-corrected chi connectivity index (χ2v) is 3.71. The summed E-state index contributed by atoms with van der Waals surface area (Å²) in [6, 6.07) is 11.5. The van der Waals surface area contributed by atoms with E-state index in [-0.39, 0.29) is 6.61 Å². The highest BCUT2D eigenvalue weighted by Gasteiger charge is 2.04. The van der Waals surface area contributed by atoms with Crippen molar-refractivity contribution in [2.45, 2.75) is 13.5 Å². The van der Waals surface area contributed by atoms with Gasteiger partial charge in [-0.05, 0) is 36.2 Å². The Balaban J connectivity index is 2.46. The van der Waals surface area contributed by atoms with Gasteiger partial charge in [0, 0.05) is 11.9 Å². The molecule has 2 aromatic rings. The lowest BCUT2D eigenvalue weighted by molar-refractivity contribution is 0.282. The molecule has 1 aromatic heterocycles. The fourth-order valence-corrected chi connectivity index (χ4v) is 1.66. The fraction of sp³-hybridized carbons (Fsp3) is 0.154. The third kappa shape index (κ3) is 1.83. The molecule has 0 atom stereocenters. The smallest absolute Gasteiger partial charge is 0.125 e. The van der Waals surface area contributed by atoms with Gasteiger partial charge in [0.25, 0.3) is 0 Å². The van der Waals surface area contributed by atoms with Crippen LogP contribution < -0.4 is 0 Å². The second kappa shape index (κ2) is 4.21. The van der Waals surface area contributed by atoms with Crippen molar-refractivity contribution in [3.05, 3.63) is 53.3 Å². The quantitative estimate of drug-likeness (QED) is 0.829. The predicted molar refractivity (Wildman–Crippen MR) is 61.1 cm³/mol. The average molecular weight is 212 g/mol. The van der Waals surface area contributed by atoms with E-state index < -0.39 is 0 Å². The molecule has 0 aliphatic rings. The first-order chi connectivity index (χ1) is 7.74. The molecular formula is C13H12N2O. The van der Waals surface area contributed by atoms with Crippen LogP contribution in [0.5, 0.6) is 0 Å². The molecule has 2 rings (SSSR count). The highest BCUT2D eigenvalue weighted by Crippen LogP contribution is 2.15. The van der Waals surface area contributed by atoms with Gasteiger partial charge < -0.3 is 9.67 Å². The van der Waals surface area contributed by atoms with Crippen molar-refractivity contribution in [2.75, 3.05) is 0 Å². The Morgan fingerprint density at radius 3 is 2.56 bits per heavy atom. The van der Waals surface area contributed by atoms with E-state index in [9.17, 15) is 0 Å². The molecule has 0 aliphatic heterocycles. The Morgan fingerprint density at radius 1 is 1.31 bits per heavy atom. The molecule has 1 aromatic carbocycles. The number of aryl methyl sites for hydroxylation is 1. The van der Waals surface area contributed by atoms with E-state index in [1.54, 1.807) is 0 Å². The minimum Gasteiger partial charge on any atom is -0.392 e. The summed E-state index contributed by atoms with van der Waals surface area (Å²) >= 11 is 0. The van der Waals surface area contributed by atoms with Gasteiger partial charge in [-0.1, -0.05) is 12.1 Å². The van der Waals surface area contributed by atoms with Crippen LogP contribution in [0.1, 0.15) is 16.8 Å². The van der Waals surface area contributed by atoms with Gasteiger partial charge in [-0.3, -0.25) is 0 Å². The Morgan fingerprint density at radius 2 is 2.00 bits per heavy atom. The van der Waals surface area contributed by atoms with Crippen LogP contribution in [0.4, 0.5) is 0 Å². The Kier molecular flexibility index (Phi) is 2.76. The molecule has 16 heavy (non-hydrogen) atoms. The number of aromatic nitrogens is 1. The zero-order valence-electron chi connectivity index (χ0n) is 9.01. The van der Waals surface area contributed by atoms with Crippen molar-refractivity contribution in [3.63, 3.8) is 0 Å². The molecule has 1 N–H and O–H groups in total. The van der Waals surface area contributed by atoms with Gasteiger partial charge >= 0.3 is 0 Å². The summed E-state index contributed by atoms with van der Waals surface area (Å²) < 4.78 is 1.84. The molecule has 1 heterocycles. The summed E-state index contributed by atoms with van der Waals surface area (Å²) in [4.78, 5) is 0. The summed E-state index contributed by atoms with van der Waals surface area (Å²) in [7, 11) is 0. The number of hydrogen-bond donors (Lipinski definition) is 1. The summed E-state index contributed by atoms with van der Waals surface area (Å²) in [5.41, 5.74) is 3.48. The molecule has 3 heteroatoms. The zero-order chi connectivity index (χ0) is 11.5. The monoisotopic (exact) mass is 212 g/mol. The Hall–Kier alpha value is -2.05. The van der Waals surface area contributed by atoms with E-state index in [0.29, 0.717) is 5.69 Å². The summed E-state index contributed by atoms with van der Waals surface area (Å²) in [6.45, 7) is 2.00. The van der Waals surface area contributed by atoms with E-state index in [4.69, 9.17) is 10.4 Å². The highest BCUT2D eigenvalue weighted by atomic mass is 16.3. The van der Waals surface area contributed by atoms with Gasteiger partial charge in [0.05, 0.1) is 6.61 Å². The first-order valence-electron chi connectivity index (χ1n) is 5.04. The van der Waals surface area contributed by atoms with Crippen molar-refractivity contribution >= 4 is 0 Å². The van der Waals surface area contributed by atoms with E-state index >= 15 is 0 Å². The largest absolute Gasteiger partial charge is 0.392 e. The molecule has 0 saturated heterocycles. The molecule has 80 valence electrons. The maximum atomic E-state index is 8.98. The number of hydrogen-bond acceptors (Lipinski definition) is 2. The lowest BCUT2D eigenvalue weighted by Crippen LogP contribution is -1.95. The second-order valence-electron chi connectivity index (χ2n) is 3.71. The van der Waals surface area contributed by atoms with Gasteiger partial charge in [0.1, 0.15) is 11.8 Å².